The van der Waals surface area contributed by atoms with Crippen molar-refractivity contribution in [1.29, 1.82) is 0 Å². The number of halogens is 3. The highest BCUT2D eigenvalue weighted by Gasteiger charge is 2.30. The molecule has 3 aromatic rings. The lowest BCUT2D eigenvalue weighted by atomic mass is 10.1. The minimum Gasteiger partial charge on any atom is -0.334 e. The van der Waals surface area contributed by atoms with E-state index in [1.807, 2.05) is 13.8 Å². The van der Waals surface area contributed by atoms with Crippen molar-refractivity contribution in [3.8, 4) is 22.8 Å². The molecular formula is C20H20F3N3O3S. The lowest BCUT2D eigenvalue weighted by molar-refractivity contribution is -0.137. The Hall–Kier alpha value is -2.72. The van der Waals surface area contributed by atoms with E-state index in [1.54, 1.807) is 6.92 Å². The van der Waals surface area contributed by atoms with E-state index >= 15 is 0 Å². The van der Waals surface area contributed by atoms with E-state index in [4.69, 9.17) is 4.52 Å². The normalized spacial score (nSPS) is 13.6. The number of hydrogen-bond acceptors (Lipinski definition) is 5. The van der Waals surface area contributed by atoms with Crippen LogP contribution in [0.5, 0.6) is 0 Å². The fourth-order valence-electron chi connectivity index (χ4n) is 2.49. The van der Waals surface area contributed by atoms with Gasteiger partial charge >= 0.3 is 6.18 Å². The summed E-state index contributed by atoms with van der Waals surface area (Å²) >= 11 is 0. The molecular weight excluding hydrogens is 419 g/mol. The average molecular weight is 439 g/mol. The van der Waals surface area contributed by atoms with Crippen LogP contribution in [0.15, 0.2) is 57.9 Å². The number of aromatic nitrogens is 2. The summed E-state index contributed by atoms with van der Waals surface area (Å²) < 4.78 is 70.7. The van der Waals surface area contributed by atoms with E-state index in [2.05, 4.69) is 14.9 Å². The first-order chi connectivity index (χ1) is 14.0. The first-order valence-corrected chi connectivity index (χ1v) is 10.6. The van der Waals surface area contributed by atoms with Crippen molar-refractivity contribution < 1.29 is 26.1 Å². The molecule has 1 aromatic heterocycles. The van der Waals surface area contributed by atoms with Gasteiger partial charge < -0.3 is 4.52 Å². The fraction of sp³-hybridized carbons (Fsp3) is 0.300. The maximum absolute atomic E-state index is 12.7. The van der Waals surface area contributed by atoms with E-state index in [-0.39, 0.29) is 28.6 Å². The number of rotatable bonds is 6. The van der Waals surface area contributed by atoms with E-state index in [0.29, 0.717) is 11.1 Å². The summed E-state index contributed by atoms with van der Waals surface area (Å²) in [6.45, 7) is 5.62. The zero-order valence-electron chi connectivity index (χ0n) is 16.4. The van der Waals surface area contributed by atoms with Gasteiger partial charge in [0, 0.05) is 17.2 Å². The Kier molecular flexibility index (Phi) is 6.00. The van der Waals surface area contributed by atoms with Gasteiger partial charge in [-0.2, -0.15) is 18.2 Å². The summed E-state index contributed by atoms with van der Waals surface area (Å²) in [5, 5.41) is 3.79. The van der Waals surface area contributed by atoms with Gasteiger partial charge in [-0.05, 0) is 49.2 Å². The molecule has 0 bridgehead atoms. The highest BCUT2D eigenvalue weighted by Crippen LogP contribution is 2.31. The van der Waals surface area contributed by atoms with Gasteiger partial charge in [-0.3, -0.25) is 0 Å². The predicted molar refractivity (Wildman–Crippen MR) is 105 cm³/mol. The van der Waals surface area contributed by atoms with Gasteiger partial charge in [-0.25, -0.2) is 13.1 Å². The molecule has 0 saturated heterocycles. The van der Waals surface area contributed by atoms with Crippen LogP contribution < -0.4 is 4.72 Å². The van der Waals surface area contributed by atoms with Crippen molar-refractivity contribution in [3.63, 3.8) is 0 Å². The fourth-order valence-corrected chi connectivity index (χ4v) is 3.88. The summed E-state index contributed by atoms with van der Waals surface area (Å²) in [7, 11) is -3.67. The lowest BCUT2D eigenvalue weighted by Gasteiger charge is -2.17. The monoisotopic (exact) mass is 439 g/mol. The first kappa shape index (κ1) is 22.0. The molecule has 6 nitrogen and oxygen atoms in total. The molecule has 0 saturated carbocycles. The van der Waals surface area contributed by atoms with Crippen LogP contribution in [-0.2, 0) is 16.2 Å². The summed E-state index contributed by atoms with van der Waals surface area (Å²) in [6.07, 6.45) is -4.43. The van der Waals surface area contributed by atoms with Gasteiger partial charge in [0.05, 0.1) is 10.5 Å². The molecule has 10 heteroatoms. The molecule has 1 heterocycles. The second-order valence-electron chi connectivity index (χ2n) is 7.18. The highest BCUT2D eigenvalue weighted by atomic mass is 32.2. The van der Waals surface area contributed by atoms with E-state index < -0.39 is 21.8 Å². The second-order valence-corrected chi connectivity index (χ2v) is 8.89. The van der Waals surface area contributed by atoms with E-state index in [0.717, 1.165) is 12.1 Å². The van der Waals surface area contributed by atoms with Crippen molar-refractivity contribution >= 4 is 10.0 Å². The van der Waals surface area contributed by atoms with Crippen molar-refractivity contribution in [2.24, 2.45) is 5.92 Å². The van der Waals surface area contributed by atoms with Crippen molar-refractivity contribution in [1.82, 2.24) is 14.9 Å². The number of benzene rings is 2. The Morgan fingerprint density at radius 2 is 1.50 bits per heavy atom. The smallest absolute Gasteiger partial charge is 0.334 e. The Morgan fingerprint density at radius 1 is 0.933 bits per heavy atom. The summed E-state index contributed by atoms with van der Waals surface area (Å²) in [4.78, 5) is 4.28. The number of sulfonamides is 1. The zero-order valence-corrected chi connectivity index (χ0v) is 17.3. The van der Waals surface area contributed by atoms with Crippen LogP contribution in [0.25, 0.3) is 22.8 Å². The Labute approximate surface area is 172 Å². The molecule has 1 N–H and O–H groups in total. The molecule has 30 heavy (non-hydrogen) atoms. The van der Waals surface area contributed by atoms with Gasteiger partial charge in [-0.15, -0.1) is 0 Å². The van der Waals surface area contributed by atoms with Gasteiger partial charge in [-0.1, -0.05) is 31.1 Å². The molecule has 1 atom stereocenters. The summed E-state index contributed by atoms with van der Waals surface area (Å²) in [5.74, 6) is 0.390. The maximum Gasteiger partial charge on any atom is 0.416 e. The van der Waals surface area contributed by atoms with Crippen LogP contribution >= 0.6 is 0 Å². The van der Waals surface area contributed by atoms with Crippen LogP contribution in [-0.4, -0.2) is 24.6 Å². The van der Waals surface area contributed by atoms with E-state index in [1.165, 1.54) is 36.4 Å². The second kappa shape index (κ2) is 8.19. The maximum atomic E-state index is 12.7. The van der Waals surface area contributed by atoms with Crippen LogP contribution in [0.3, 0.4) is 0 Å². The van der Waals surface area contributed by atoms with Crippen molar-refractivity contribution in [2.75, 3.05) is 0 Å². The third kappa shape index (κ3) is 4.88. The molecule has 0 aliphatic rings. The highest BCUT2D eigenvalue weighted by molar-refractivity contribution is 7.89. The molecule has 2 aromatic carbocycles. The van der Waals surface area contributed by atoms with Gasteiger partial charge in [0.1, 0.15) is 0 Å². The molecule has 160 valence electrons. The molecule has 0 aliphatic carbocycles. The molecule has 0 aliphatic heterocycles. The molecule has 0 radical (unpaired) electrons. The quantitative estimate of drug-likeness (QED) is 0.599. The summed E-state index contributed by atoms with van der Waals surface area (Å²) in [6, 6.07) is 10.1. The van der Waals surface area contributed by atoms with Crippen LogP contribution in [0, 0.1) is 5.92 Å². The molecule has 0 spiro atoms. The molecule has 3 rings (SSSR count). The lowest BCUT2D eigenvalue weighted by Crippen LogP contribution is -2.36. The van der Waals surface area contributed by atoms with Crippen LogP contribution in [0.2, 0.25) is 0 Å². The van der Waals surface area contributed by atoms with Crippen molar-refractivity contribution in [2.45, 2.75) is 37.9 Å². The molecule has 0 fully saturated rings. The third-order valence-electron chi connectivity index (χ3n) is 4.65. The zero-order chi connectivity index (χ0) is 22.1. The van der Waals surface area contributed by atoms with Crippen LogP contribution in [0.1, 0.15) is 26.3 Å². The predicted octanol–water partition coefficient (Wildman–Crippen LogP) is 4.75. The van der Waals surface area contributed by atoms with Gasteiger partial charge in [0.15, 0.2) is 0 Å². The average Bonchev–Trinajstić information content (AvgIpc) is 3.17. The topological polar surface area (TPSA) is 85.1 Å². The third-order valence-corrected chi connectivity index (χ3v) is 6.22. The number of nitrogens with one attached hydrogen (secondary N) is 1. The summed E-state index contributed by atoms with van der Waals surface area (Å²) in [5.41, 5.74) is 0.0766. The molecule has 1 unspecified atom stereocenters. The number of hydrogen-bond donors (Lipinski definition) is 1. The number of alkyl halides is 3. The minimum atomic E-state index is -4.43. The SMILES string of the molecule is CC(C)C(C)NS(=O)(=O)c1ccc(-c2nc(-c3ccc(C(F)(F)F)cc3)no2)cc1. The van der Waals surface area contributed by atoms with Crippen molar-refractivity contribution in [3.05, 3.63) is 54.1 Å². The first-order valence-electron chi connectivity index (χ1n) is 9.11. The standard InChI is InChI=1S/C20H20F3N3O3S/c1-12(2)13(3)26-30(27,28)17-10-6-15(7-11-17)19-24-18(25-29-19)14-4-8-16(9-5-14)20(21,22)23/h4-13,26H,1-3H3. The van der Waals surface area contributed by atoms with Crippen LogP contribution in [0.4, 0.5) is 13.2 Å². The van der Waals surface area contributed by atoms with Gasteiger partial charge in [0.25, 0.3) is 5.89 Å². The molecule has 0 amide bonds. The number of nitrogens with zero attached hydrogens (tertiary/aromatic N) is 2. The minimum absolute atomic E-state index is 0.0984. The van der Waals surface area contributed by atoms with E-state index in [9.17, 15) is 21.6 Å². The van der Waals surface area contributed by atoms with Gasteiger partial charge in [0.2, 0.25) is 15.8 Å². The Bertz CT molecular complexity index is 1110. The largest absolute Gasteiger partial charge is 0.416 e. The Balaban J connectivity index is 1.79. The Morgan fingerprint density at radius 3 is 2.03 bits per heavy atom.